The van der Waals surface area contributed by atoms with Crippen LogP contribution in [0.2, 0.25) is 0 Å². The Hall–Kier alpha value is -2.85. The lowest BCUT2D eigenvalue weighted by Crippen LogP contribution is -2.36. The number of nitrogen functional groups attached to an aromatic ring is 2. The number of fused-ring (bicyclic) bond motifs is 5. The third kappa shape index (κ3) is 5.39. The maximum atomic E-state index is 16.1. The summed E-state index contributed by atoms with van der Waals surface area (Å²) in [6.07, 6.45) is -7.26. The smallest absolute Gasteiger partial charge is 0.475 e. The highest BCUT2D eigenvalue weighted by Crippen LogP contribution is 2.55. The topological polar surface area (TPSA) is 264 Å². The number of ether oxygens (including phenoxy) is 2. The van der Waals surface area contributed by atoms with E-state index in [1.54, 1.807) is 0 Å². The van der Waals surface area contributed by atoms with E-state index in [2.05, 4.69) is 29.9 Å². The van der Waals surface area contributed by atoms with Crippen LogP contribution < -0.4 is 16.4 Å². The van der Waals surface area contributed by atoms with Crippen molar-refractivity contribution >= 4 is 60.3 Å². The lowest BCUT2D eigenvalue weighted by Gasteiger charge is -2.34. The fraction of sp³-hybridized carbons (Fsp3) is 0.524. The molecule has 7 heterocycles. The van der Waals surface area contributed by atoms with Gasteiger partial charge in [0.05, 0.1) is 25.9 Å². The van der Waals surface area contributed by atoms with Crippen LogP contribution in [0.1, 0.15) is 12.5 Å². The van der Waals surface area contributed by atoms with Crippen LogP contribution in [-0.4, -0.2) is 101 Å². The van der Waals surface area contributed by atoms with E-state index in [0.717, 1.165) is 13.4 Å². The van der Waals surface area contributed by atoms with Crippen LogP contribution in [-0.2, 0) is 48.5 Å². The van der Waals surface area contributed by atoms with Crippen molar-refractivity contribution in [3.05, 3.63) is 25.3 Å². The number of halogens is 1. The molecule has 5 N–H and O–H groups in total. The van der Waals surface area contributed by atoms with Gasteiger partial charge in [0.1, 0.15) is 60.9 Å². The fourth-order valence-corrected chi connectivity index (χ4v) is 7.80. The number of aromatic nitrogens is 8. The van der Waals surface area contributed by atoms with E-state index in [0.29, 0.717) is 0 Å². The Morgan fingerprint density at radius 1 is 0.933 bits per heavy atom. The summed E-state index contributed by atoms with van der Waals surface area (Å²) < 4.78 is 71.3. The maximum absolute atomic E-state index is 16.1. The van der Waals surface area contributed by atoms with Crippen LogP contribution in [0.3, 0.4) is 0 Å². The summed E-state index contributed by atoms with van der Waals surface area (Å²) in [5.41, 5.74) is 12.5. The van der Waals surface area contributed by atoms with Gasteiger partial charge in [-0.1, -0.05) is 11.8 Å². The van der Waals surface area contributed by atoms with Crippen molar-refractivity contribution in [3.8, 4) is 0 Å². The molecule has 242 valence electrons. The number of aliphatic hydroxyl groups is 1. The van der Waals surface area contributed by atoms with Crippen molar-refractivity contribution < 1.29 is 51.0 Å². The molecule has 24 heteroatoms. The second-order valence-electron chi connectivity index (χ2n) is 10.0. The molecule has 7 rings (SSSR count). The Bertz CT molecular complexity index is 1850. The van der Waals surface area contributed by atoms with Crippen LogP contribution in [0.15, 0.2) is 25.3 Å². The third-order valence-electron chi connectivity index (χ3n) is 7.42. The minimum absolute atomic E-state index is 0.0488. The first-order valence-corrected chi connectivity index (χ1v) is 17.1. The summed E-state index contributed by atoms with van der Waals surface area (Å²) in [5, 5.41) is 11.2. The van der Waals surface area contributed by atoms with Gasteiger partial charge >= 0.3 is 7.82 Å². The van der Waals surface area contributed by atoms with Gasteiger partial charge in [-0.05, 0) is 0 Å². The molecule has 0 spiro atoms. The normalized spacial score (nSPS) is 37.7. The van der Waals surface area contributed by atoms with Crippen LogP contribution in [0, 0.1) is 0 Å². The minimum Gasteiger partial charge on any atom is -0.780 e. The first-order valence-electron chi connectivity index (χ1n) is 13.1. The van der Waals surface area contributed by atoms with Crippen LogP contribution in [0.4, 0.5) is 16.0 Å². The van der Waals surface area contributed by atoms with E-state index < -0.39 is 76.9 Å². The summed E-state index contributed by atoms with van der Waals surface area (Å²) in [6.45, 7) is -5.77. The molecule has 6 unspecified atom stereocenters. The van der Waals surface area contributed by atoms with Crippen LogP contribution >= 0.6 is 14.5 Å². The zero-order valence-corrected chi connectivity index (χ0v) is 25.5. The molecule has 4 aromatic heterocycles. The molecule has 45 heavy (non-hydrogen) atoms. The lowest BCUT2D eigenvalue weighted by atomic mass is 10.1. The first kappa shape index (κ1) is 30.8. The number of nitrogens with zero attached hydrogens (tertiary/aromatic N) is 8. The number of imidazole rings is 2. The molecule has 4 aromatic rings. The monoisotopic (exact) mass is 689 g/mol. The van der Waals surface area contributed by atoms with Crippen LogP contribution in [0.5, 0.6) is 0 Å². The van der Waals surface area contributed by atoms with Gasteiger partial charge < -0.3 is 40.0 Å². The number of rotatable bonds is 3. The summed E-state index contributed by atoms with van der Waals surface area (Å²) in [5.74, 6) is 0.121. The number of phosphoric acid groups is 1. The fourth-order valence-electron chi connectivity index (χ4n) is 5.27. The van der Waals surface area contributed by atoms with Crippen molar-refractivity contribution in [2.75, 3.05) is 31.8 Å². The number of aliphatic hydroxyl groups excluding tert-OH is 1. The molecular weight excluding hydrogens is 665 g/mol. The van der Waals surface area contributed by atoms with Gasteiger partial charge in [-0.15, -0.1) is 0 Å². The van der Waals surface area contributed by atoms with Gasteiger partial charge in [0.15, 0.2) is 41.6 Å². The Morgan fingerprint density at radius 3 is 2.13 bits per heavy atom. The molecule has 3 fully saturated rings. The highest BCUT2D eigenvalue weighted by atomic mass is 32.5. The van der Waals surface area contributed by atoms with Crippen molar-refractivity contribution in [1.82, 2.24) is 39.0 Å². The molecule has 0 aromatic carbocycles. The highest BCUT2D eigenvalue weighted by Gasteiger charge is 2.53. The maximum Gasteiger partial charge on any atom is 0.475 e. The standard InChI is InChI=1S/C21H25FN10O10P2S/c1-36-43(34)37-2-8-13(33)15(21(39-8)32-7-30-12-17(24)26-5-28-19(12)32)42-44(35,45)38-3-9-14(41-43)10(22)20(40-9)31-6-29-11-16(23)25-4-27-18(11)31/h4-10,13-15,20-21,33H,2-3H2,1H3,(H,35,45)(H2,23,25,27)(H2,24,26,28)/p-1/t8-,9?,10?,13+,14?,15?,20-,21-,43?,44?/m1/s1. The van der Waals surface area contributed by atoms with E-state index in [9.17, 15) is 14.6 Å². The Labute approximate surface area is 256 Å². The Balaban J connectivity index is 1.22. The van der Waals surface area contributed by atoms with Crippen molar-refractivity contribution in [1.29, 1.82) is 0 Å². The number of alkyl halides is 1. The predicted octanol–water partition coefficient (Wildman–Crippen LogP) is -0.519. The molecule has 0 radical (unpaired) electrons. The number of phosphoric ester groups is 1. The largest absolute Gasteiger partial charge is 0.780 e. The molecule has 20 nitrogen and oxygen atoms in total. The van der Waals surface area contributed by atoms with Gasteiger partial charge in [0.25, 0.3) is 0 Å². The molecule has 3 aliphatic heterocycles. The second kappa shape index (κ2) is 11.4. The summed E-state index contributed by atoms with van der Waals surface area (Å²) in [6, 6.07) is 0. The van der Waals surface area contributed by atoms with Gasteiger partial charge in [-0.3, -0.25) is 22.7 Å². The van der Waals surface area contributed by atoms with Crippen molar-refractivity contribution in [3.63, 3.8) is 0 Å². The summed E-state index contributed by atoms with van der Waals surface area (Å²) in [4.78, 5) is 37.8. The summed E-state index contributed by atoms with van der Waals surface area (Å²) >= 11 is 5.14. The zero-order chi connectivity index (χ0) is 31.7. The molecule has 3 aliphatic rings. The highest BCUT2D eigenvalue weighted by molar-refractivity contribution is 8.06. The average Bonchev–Trinajstić information content (AvgIpc) is 3.77. The molecule has 0 amide bonds. The molecule has 3 saturated heterocycles. The van der Waals surface area contributed by atoms with Gasteiger partial charge in [-0.2, -0.15) is 0 Å². The quantitative estimate of drug-likeness (QED) is 0.228. The minimum atomic E-state index is -4.57. The van der Waals surface area contributed by atoms with Gasteiger partial charge in [0.2, 0.25) is 0 Å². The number of nitrogens with two attached hydrogens (primary N) is 2. The van der Waals surface area contributed by atoms with E-state index in [1.807, 2.05) is 0 Å². The molecule has 10 atom stereocenters. The molecule has 0 aliphatic carbocycles. The summed E-state index contributed by atoms with van der Waals surface area (Å²) in [7, 11) is -3.55. The van der Waals surface area contributed by atoms with E-state index in [1.165, 1.54) is 28.1 Å². The predicted molar refractivity (Wildman–Crippen MR) is 149 cm³/mol. The van der Waals surface area contributed by atoms with E-state index in [4.69, 9.17) is 55.4 Å². The van der Waals surface area contributed by atoms with E-state index >= 15 is 4.39 Å². The Morgan fingerprint density at radius 2 is 1.51 bits per heavy atom. The van der Waals surface area contributed by atoms with E-state index in [-0.39, 0.29) is 34.0 Å². The number of anilines is 2. The SMILES string of the molecule is COP1(=O)OC[C@H]2O[C@@H](n3cnc4c(N)ncnc43)C(OP([O-])(=S)OCC3O[C@@H](n4cnc5c(N)ncnc54)C(F)C3O1)[C@H]2O. The van der Waals surface area contributed by atoms with Crippen LogP contribution in [0.25, 0.3) is 22.3 Å². The average molecular weight is 689 g/mol. The second-order valence-corrected chi connectivity index (χ2v) is 14.5. The van der Waals surface area contributed by atoms with Crippen molar-refractivity contribution in [2.45, 2.75) is 49.1 Å². The lowest BCUT2D eigenvalue weighted by molar-refractivity contribution is -0.218. The molecule has 2 bridgehead atoms. The first-order chi connectivity index (χ1) is 21.5. The van der Waals surface area contributed by atoms with Gasteiger partial charge in [-0.25, -0.2) is 38.9 Å². The molecule has 0 saturated carbocycles. The Kier molecular flexibility index (Phi) is 7.83. The third-order valence-corrected chi connectivity index (χ3v) is 10.4. The number of hydrogen-bond acceptors (Lipinski definition) is 19. The van der Waals surface area contributed by atoms with Gasteiger partial charge in [0, 0.05) is 7.11 Å². The van der Waals surface area contributed by atoms with Crippen molar-refractivity contribution in [2.24, 2.45) is 0 Å². The molecular formula is C21H24FN10O10P2S-. The number of hydrogen-bond donors (Lipinski definition) is 3. The zero-order valence-electron chi connectivity index (χ0n) is 22.9.